The van der Waals surface area contributed by atoms with E-state index in [-0.39, 0.29) is 11.4 Å². The van der Waals surface area contributed by atoms with Crippen LogP contribution in [0.4, 0.5) is 11.5 Å². The smallest absolute Gasteiger partial charge is 0.341 e. The maximum atomic E-state index is 11.1. The standard InChI is InChI=1S/C11H15N3O2/c12-10-9(11(15)16)8(4-5-13-10)14-6-2-1-3-7-14/h4-5H,1-3,6-7H2,(H2,12,13)(H,15,16). The van der Waals surface area contributed by atoms with Gasteiger partial charge >= 0.3 is 5.97 Å². The summed E-state index contributed by atoms with van der Waals surface area (Å²) in [6.45, 7) is 1.79. The van der Waals surface area contributed by atoms with Gasteiger partial charge in [-0.3, -0.25) is 0 Å². The first-order valence-electron chi connectivity index (χ1n) is 5.43. The molecule has 2 heterocycles. The minimum absolute atomic E-state index is 0.0931. The van der Waals surface area contributed by atoms with E-state index in [1.807, 2.05) is 0 Å². The number of nitrogens with two attached hydrogens (primary N) is 1. The summed E-state index contributed by atoms with van der Waals surface area (Å²) >= 11 is 0. The van der Waals surface area contributed by atoms with E-state index in [2.05, 4.69) is 9.88 Å². The number of rotatable bonds is 2. The molecule has 0 radical (unpaired) electrons. The Morgan fingerprint density at radius 2 is 2.06 bits per heavy atom. The Labute approximate surface area is 93.9 Å². The zero-order valence-corrected chi connectivity index (χ0v) is 9.02. The van der Waals surface area contributed by atoms with Crippen LogP contribution in [0.15, 0.2) is 12.3 Å². The molecule has 1 aliphatic rings. The highest BCUT2D eigenvalue weighted by atomic mass is 16.4. The first kappa shape index (κ1) is 10.7. The number of carboxylic acids is 1. The van der Waals surface area contributed by atoms with E-state index in [4.69, 9.17) is 10.8 Å². The lowest BCUT2D eigenvalue weighted by atomic mass is 10.1. The summed E-state index contributed by atoms with van der Waals surface area (Å²) in [4.78, 5) is 17.0. The van der Waals surface area contributed by atoms with Gasteiger partial charge in [0.1, 0.15) is 11.4 Å². The molecule has 86 valence electrons. The molecule has 0 spiro atoms. The minimum atomic E-state index is -1.01. The van der Waals surface area contributed by atoms with Crippen LogP contribution >= 0.6 is 0 Å². The Bertz CT molecular complexity index is 400. The number of piperidine rings is 1. The Morgan fingerprint density at radius 3 is 2.69 bits per heavy atom. The average Bonchev–Trinajstić information content (AvgIpc) is 2.29. The molecule has 3 N–H and O–H groups in total. The molecule has 0 saturated carbocycles. The number of aromatic carboxylic acids is 1. The van der Waals surface area contributed by atoms with Crippen molar-refractivity contribution in [3.63, 3.8) is 0 Å². The molecule has 1 aliphatic heterocycles. The third-order valence-corrected chi connectivity index (χ3v) is 2.87. The number of aromatic nitrogens is 1. The maximum Gasteiger partial charge on any atom is 0.341 e. The summed E-state index contributed by atoms with van der Waals surface area (Å²) < 4.78 is 0. The van der Waals surface area contributed by atoms with E-state index in [0.717, 1.165) is 25.9 Å². The fraction of sp³-hybridized carbons (Fsp3) is 0.455. The molecule has 1 aromatic heterocycles. The highest BCUT2D eigenvalue weighted by Gasteiger charge is 2.20. The largest absolute Gasteiger partial charge is 0.477 e. The molecule has 0 unspecified atom stereocenters. The number of nitrogens with zero attached hydrogens (tertiary/aromatic N) is 2. The van der Waals surface area contributed by atoms with Gasteiger partial charge in [0.2, 0.25) is 0 Å². The SMILES string of the molecule is Nc1nccc(N2CCCCC2)c1C(=O)O. The van der Waals surface area contributed by atoms with Gasteiger partial charge in [-0.1, -0.05) is 0 Å². The van der Waals surface area contributed by atoms with Crippen molar-refractivity contribution in [2.45, 2.75) is 19.3 Å². The van der Waals surface area contributed by atoms with Gasteiger partial charge in [-0.15, -0.1) is 0 Å². The minimum Gasteiger partial charge on any atom is -0.477 e. The van der Waals surface area contributed by atoms with E-state index in [0.29, 0.717) is 5.69 Å². The number of anilines is 2. The van der Waals surface area contributed by atoms with E-state index in [9.17, 15) is 4.79 Å². The lowest BCUT2D eigenvalue weighted by Gasteiger charge is -2.29. The summed E-state index contributed by atoms with van der Waals surface area (Å²) in [6, 6.07) is 1.73. The van der Waals surface area contributed by atoms with Gasteiger partial charge in [-0.2, -0.15) is 0 Å². The second kappa shape index (κ2) is 4.38. The van der Waals surface area contributed by atoms with Crippen LogP contribution in [-0.2, 0) is 0 Å². The van der Waals surface area contributed by atoms with Crippen LogP contribution < -0.4 is 10.6 Å². The highest BCUT2D eigenvalue weighted by molar-refractivity contribution is 5.99. The van der Waals surface area contributed by atoms with Crippen LogP contribution in [0.25, 0.3) is 0 Å². The molecule has 1 fully saturated rings. The predicted octanol–water partition coefficient (Wildman–Crippen LogP) is 1.35. The molecule has 5 nitrogen and oxygen atoms in total. The van der Waals surface area contributed by atoms with Gasteiger partial charge in [0.15, 0.2) is 0 Å². The van der Waals surface area contributed by atoms with E-state index in [1.165, 1.54) is 6.42 Å². The van der Waals surface area contributed by atoms with Crippen LogP contribution in [0.5, 0.6) is 0 Å². The predicted molar refractivity (Wildman–Crippen MR) is 61.7 cm³/mol. The number of hydrogen-bond donors (Lipinski definition) is 2. The van der Waals surface area contributed by atoms with Crippen LogP contribution in [0.1, 0.15) is 29.6 Å². The van der Waals surface area contributed by atoms with Crippen molar-refractivity contribution in [1.82, 2.24) is 4.98 Å². The topological polar surface area (TPSA) is 79.5 Å². The van der Waals surface area contributed by atoms with Crippen LogP contribution in [-0.4, -0.2) is 29.1 Å². The summed E-state index contributed by atoms with van der Waals surface area (Å²) in [5, 5.41) is 9.13. The second-order valence-corrected chi connectivity index (χ2v) is 3.94. The van der Waals surface area contributed by atoms with Crippen LogP contribution in [0, 0.1) is 0 Å². The summed E-state index contributed by atoms with van der Waals surface area (Å²) in [5.74, 6) is -0.915. The Kier molecular flexibility index (Phi) is 2.94. The van der Waals surface area contributed by atoms with Crippen molar-refractivity contribution < 1.29 is 9.90 Å². The zero-order chi connectivity index (χ0) is 11.5. The monoisotopic (exact) mass is 221 g/mol. The zero-order valence-electron chi connectivity index (χ0n) is 9.02. The van der Waals surface area contributed by atoms with E-state index < -0.39 is 5.97 Å². The Hall–Kier alpha value is -1.78. The number of carboxylic acid groups (broad SMARTS) is 1. The Balaban J connectivity index is 2.38. The van der Waals surface area contributed by atoms with E-state index in [1.54, 1.807) is 12.3 Å². The van der Waals surface area contributed by atoms with Crippen LogP contribution in [0.2, 0.25) is 0 Å². The van der Waals surface area contributed by atoms with Gasteiger partial charge in [0, 0.05) is 19.3 Å². The quantitative estimate of drug-likeness (QED) is 0.788. The van der Waals surface area contributed by atoms with Crippen molar-refractivity contribution in [1.29, 1.82) is 0 Å². The first-order chi connectivity index (χ1) is 7.70. The molecular formula is C11H15N3O2. The lowest BCUT2D eigenvalue weighted by molar-refractivity contribution is 0.0698. The molecule has 0 aromatic carbocycles. The highest BCUT2D eigenvalue weighted by Crippen LogP contribution is 2.26. The third kappa shape index (κ3) is 1.93. The van der Waals surface area contributed by atoms with Crippen molar-refractivity contribution in [3.8, 4) is 0 Å². The summed E-state index contributed by atoms with van der Waals surface area (Å²) in [6.07, 6.45) is 4.97. The summed E-state index contributed by atoms with van der Waals surface area (Å²) in [5.41, 5.74) is 6.43. The van der Waals surface area contributed by atoms with Gasteiger partial charge in [-0.05, 0) is 25.3 Å². The molecule has 0 bridgehead atoms. The lowest BCUT2D eigenvalue weighted by Crippen LogP contribution is -2.31. The molecule has 2 rings (SSSR count). The molecule has 0 atom stereocenters. The van der Waals surface area contributed by atoms with Crippen molar-refractivity contribution in [2.75, 3.05) is 23.7 Å². The normalized spacial score (nSPS) is 16.1. The average molecular weight is 221 g/mol. The number of hydrogen-bond acceptors (Lipinski definition) is 4. The molecule has 0 aliphatic carbocycles. The van der Waals surface area contributed by atoms with Crippen molar-refractivity contribution in [3.05, 3.63) is 17.8 Å². The van der Waals surface area contributed by atoms with Crippen molar-refractivity contribution >= 4 is 17.5 Å². The Morgan fingerprint density at radius 1 is 1.38 bits per heavy atom. The second-order valence-electron chi connectivity index (χ2n) is 3.94. The molecular weight excluding hydrogens is 206 g/mol. The first-order valence-corrected chi connectivity index (χ1v) is 5.43. The molecule has 1 aromatic rings. The van der Waals surface area contributed by atoms with Gasteiger partial charge < -0.3 is 15.7 Å². The maximum absolute atomic E-state index is 11.1. The van der Waals surface area contributed by atoms with Gasteiger partial charge in [0.25, 0.3) is 0 Å². The van der Waals surface area contributed by atoms with Gasteiger partial charge in [0.05, 0.1) is 5.69 Å². The van der Waals surface area contributed by atoms with E-state index >= 15 is 0 Å². The fourth-order valence-corrected chi connectivity index (χ4v) is 2.08. The van der Waals surface area contributed by atoms with Gasteiger partial charge in [-0.25, -0.2) is 9.78 Å². The van der Waals surface area contributed by atoms with Crippen LogP contribution in [0.3, 0.4) is 0 Å². The number of nitrogen functional groups attached to an aromatic ring is 1. The van der Waals surface area contributed by atoms with Crippen molar-refractivity contribution in [2.24, 2.45) is 0 Å². The third-order valence-electron chi connectivity index (χ3n) is 2.87. The molecule has 0 amide bonds. The molecule has 16 heavy (non-hydrogen) atoms. The summed E-state index contributed by atoms with van der Waals surface area (Å²) in [7, 11) is 0. The number of pyridine rings is 1. The fourth-order valence-electron chi connectivity index (χ4n) is 2.08. The molecule has 1 saturated heterocycles. The number of carbonyl (C=O) groups is 1. The molecule has 5 heteroatoms.